The number of nitrogens with zero attached hydrogens (tertiary/aromatic N) is 1. The predicted molar refractivity (Wildman–Crippen MR) is 75.4 cm³/mol. The molecule has 9 nitrogen and oxygen atoms in total. The molecule has 0 aromatic heterocycles. The van der Waals surface area contributed by atoms with Crippen molar-refractivity contribution in [2.24, 2.45) is 0 Å². The molecule has 0 saturated carbocycles. The van der Waals surface area contributed by atoms with E-state index in [2.05, 4.69) is 0 Å². The van der Waals surface area contributed by atoms with E-state index in [9.17, 15) is 19.2 Å². The maximum atomic E-state index is 11.7. The highest BCUT2D eigenvalue weighted by atomic mass is 16.5. The van der Waals surface area contributed by atoms with Crippen molar-refractivity contribution >= 4 is 23.7 Å². The summed E-state index contributed by atoms with van der Waals surface area (Å²) in [5.41, 5.74) is 0. The number of aliphatic carboxylic acids is 1. The highest BCUT2D eigenvalue weighted by molar-refractivity contribution is 6.14. The molecule has 0 aromatic carbocycles. The largest absolute Gasteiger partial charge is 0.481 e. The van der Waals surface area contributed by atoms with Crippen molar-refractivity contribution in [2.75, 3.05) is 39.6 Å². The summed E-state index contributed by atoms with van der Waals surface area (Å²) in [7, 11) is 0. The van der Waals surface area contributed by atoms with Crippen LogP contribution in [-0.4, -0.2) is 73.3 Å². The number of hydrogen-bond donors (Lipinski definition) is 1. The van der Waals surface area contributed by atoms with Gasteiger partial charge in [0.1, 0.15) is 0 Å². The molecule has 0 bridgehead atoms. The molecule has 0 spiro atoms. The first-order chi connectivity index (χ1) is 11.0. The molecule has 1 aliphatic heterocycles. The second kappa shape index (κ2) is 10.8. The lowest BCUT2D eigenvalue weighted by Crippen LogP contribution is -2.36. The number of likely N-dealkylation sites (tertiary alicyclic amines) is 1. The molecule has 1 saturated heterocycles. The molecular weight excluding hydrogens is 310 g/mol. The van der Waals surface area contributed by atoms with E-state index in [0.29, 0.717) is 24.7 Å². The van der Waals surface area contributed by atoms with Crippen molar-refractivity contribution < 1.29 is 38.5 Å². The lowest BCUT2D eigenvalue weighted by molar-refractivity contribution is -0.150. The third kappa shape index (κ3) is 7.82. The Labute approximate surface area is 133 Å². The van der Waals surface area contributed by atoms with Crippen LogP contribution in [0.2, 0.25) is 0 Å². The minimum absolute atomic E-state index is 0.0320. The molecule has 9 heteroatoms. The van der Waals surface area contributed by atoms with Crippen LogP contribution in [0.1, 0.15) is 25.7 Å². The van der Waals surface area contributed by atoms with Crippen molar-refractivity contribution in [1.29, 1.82) is 0 Å². The number of rotatable bonds is 12. The topological polar surface area (TPSA) is 119 Å². The SMILES string of the molecule is O=C(O)CCOCCOCCOCCC(=O)N1C(=O)CCC1=O. The van der Waals surface area contributed by atoms with E-state index in [-0.39, 0.29) is 45.5 Å². The molecule has 0 atom stereocenters. The lowest BCUT2D eigenvalue weighted by atomic mass is 10.4. The standard InChI is InChI=1S/C14H21NO8/c16-11-1-2-12(17)15(11)13(18)3-5-21-7-9-23-10-8-22-6-4-14(19)20/h1-10H2,(H,19,20). The number of ether oxygens (including phenoxy) is 3. The van der Waals surface area contributed by atoms with Crippen LogP contribution in [-0.2, 0) is 33.4 Å². The molecule has 0 unspecified atom stereocenters. The van der Waals surface area contributed by atoms with Gasteiger partial charge in [0.15, 0.2) is 0 Å². The molecule has 130 valence electrons. The van der Waals surface area contributed by atoms with Crippen LogP contribution >= 0.6 is 0 Å². The summed E-state index contributed by atoms with van der Waals surface area (Å²) in [6.45, 7) is 1.44. The van der Waals surface area contributed by atoms with E-state index in [4.69, 9.17) is 19.3 Å². The Morgan fingerprint density at radius 2 is 1.26 bits per heavy atom. The third-order valence-corrected chi connectivity index (χ3v) is 2.97. The van der Waals surface area contributed by atoms with Gasteiger partial charge in [-0.05, 0) is 0 Å². The Morgan fingerprint density at radius 3 is 1.74 bits per heavy atom. The minimum atomic E-state index is -0.911. The fourth-order valence-electron chi connectivity index (χ4n) is 1.83. The van der Waals surface area contributed by atoms with Crippen LogP contribution in [0.5, 0.6) is 0 Å². The Bertz CT molecular complexity index is 420. The van der Waals surface area contributed by atoms with E-state index in [1.54, 1.807) is 0 Å². The Hall–Kier alpha value is -1.84. The van der Waals surface area contributed by atoms with Crippen LogP contribution in [0, 0.1) is 0 Å². The van der Waals surface area contributed by atoms with Crippen molar-refractivity contribution in [3.05, 3.63) is 0 Å². The second-order valence-corrected chi connectivity index (χ2v) is 4.75. The summed E-state index contributed by atoms with van der Waals surface area (Å²) < 4.78 is 15.4. The van der Waals surface area contributed by atoms with E-state index in [0.717, 1.165) is 0 Å². The third-order valence-electron chi connectivity index (χ3n) is 2.97. The molecule has 1 aliphatic rings. The normalized spacial score (nSPS) is 14.5. The first-order valence-electron chi connectivity index (χ1n) is 7.36. The maximum absolute atomic E-state index is 11.7. The summed E-state index contributed by atoms with van der Waals surface area (Å²) in [6.07, 6.45) is 0.108. The average Bonchev–Trinajstić information content (AvgIpc) is 2.83. The molecular formula is C14H21NO8. The summed E-state index contributed by atoms with van der Waals surface area (Å²) in [5.74, 6) is -2.35. The number of carboxylic acids is 1. The van der Waals surface area contributed by atoms with Gasteiger partial charge in [-0.15, -0.1) is 0 Å². The van der Waals surface area contributed by atoms with Gasteiger partial charge in [-0.3, -0.25) is 19.2 Å². The molecule has 3 amide bonds. The van der Waals surface area contributed by atoms with Crippen LogP contribution < -0.4 is 0 Å². The van der Waals surface area contributed by atoms with Gasteiger partial charge >= 0.3 is 5.97 Å². The van der Waals surface area contributed by atoms with Crippen LogP contribution in [0.15, 0.2) is 0 Å². The van der Waals surface area contributed by atoms with Gasteiger partial charge in [-0.25, -0.2) is 4.90 Å². The number of carboxylic acid groups (broad SMARTS) is 1. The van der Waals surface area contributed by atoms with Crippen molar-refractivity contribution in [2.45, 2.75) is 25.7 Å². The molecule has 1 fully saturated rings. The summed E-state index contributed by atoms with van der Waals surface area (Å²) in [4.78, 5) is 45.2. The number of hydrogen-bond acceptors (Lipinski definition) is 7. The van der Waals surface area contributed by atoms with Gasteiger partial charge in [0.25, 0.3) is 0 Å². The van der Waals surface area contributed by atoms with Crippen LogP contribution in [0.4, 0.5) is 0 Å². The first-order valence-corrected chi connectivity index (χ1v) is 7.36. The van der Waals surface area contributed by atoms with E-state index < -0.39 is 23.7 Å². The van der Waals surface area contributed by atoms with Gasteiger partial charge in [-0.2, -0.15) is 0 Å². The van der Waals surface area contributed by atoms with E-state index in [1.165, 1.54) is 0 Å². The smallest absolute Gasteiger partial charge is 0.305 e. The zero-order valence-corrected chi connectivity index (χ0v) is 12.8. The highest BCUT2D eigenvalue weighted by Crippen LogP contribution is 2.12. The molecule has 0 aromatic rings. The van der Waals surface area contributed by atoms with Gasteiger partial charge in [0.2, 0.25) is 17.7 Å². The number of amides is 3. The van der Waals surface area contributed by atoms with Gasteiger partial charge in [0.05, 0.1) is 52.5 Å². The van der Waals surface area contributed by atoms with Crippen LogP contribution in [0.25, 0.3) is 0 Å². The molecule has 23 heavy (non-hydrogen) atoms. The summed E-state index contributed by atoms with van der Waals surface area (Å²) >= 11 is 0. The summed E-state index contributed by atoms with van der Waals surface area (Å²) in [5, 5.41) is 8.38. The monoisotopic (exact) mass is 331 g/mol. The predicted octanol–water partition coefficient (Wildman–Crippen LogP) is -0.423. The zero-order chi connectivity index (χ0) is 17.1. The Morgan fingerprint density at radius 1 is 0.826 bits per heavy atom. The van der Waals surface area contributed by atoms with Crippen molar-refractivity contribution in [3.8, 4) is 0 Å². The molecule has 0 radical (unpaired) electrons. The fraction of sp³-hybridized carbons (Fsp3) is 0.714. The first kappa shape index (κ1) is 19.2. The Kier molecular flexibility index (Phi) is 9.03. The quantitative estimate of drug-likeness (QED) is 0.378. The lowest BCUT2D eigenvalue weighted by Gasteiger charge is -2.11. The zero-order valence-electron chi connectivity index (χ0n) is 12.8. The molecule has 1 N–H and O–H groups in total. The Balaban J connectivity index is 1.92. The molecule has 1 heterocycles. The summed E-state index contributed by atoms with van der Waals surface area (Å²) in [6, 6.07) is 0. The fourth-order valence-corrected chi connectivity index (χ4v) is 1.83. The van der Waals surface area contributed by atoms with Crippen LogP contribution in [0.3, 0.4) is 0 Å². The minimum Gasteiger partial charge on any atom is -0.481 e. The van der Waals surface area contributed by atoms with Gasteiger partial charge < -0.3 is 19.3 Å². The number of imide groups is 3. The van der Waals surface area contributed by atoms with Gasteiger partial charge in [-0.1, -0.05) is 0 Å². The van der Waals surface area contributed by atoms with Crippen molar-refractivity contribution in [3.63, 3.8) is 0 Å². The number of carbonyl (C=O) groups excluding carboxylic acids is 3. The van der Waals surface area contributed by atoms with E-state index >= 15 is 0 Å². The second-order valence-electron chi connectivity index (χ2n) is 4.75. The molecule has 1 rings (SSSR count). The van der Waals surface area contributed by atoms with Gasteiger partial charge in [0, 0.05) is 12.8 Å². The average molecular weight is 331 g/mol. The van der Waals surface area contributed by atoms with Crippen molar-refractivity contribution in [1.82, 2.24) is 4.90 Å². The maximum Gasteiger partial charge on any atom is 0.305 e. The molecule has 0 aliphatic carbocycles. The highest BCUT2D eigenvalue weighted by Gasteiger charge is 2.33. The number of carbonyl (C=O) groups is 4. The van der Waals surface area contributed by atoms with E-state index in [1.807, 2.05) is 0 Å².